The number of nitrogens with zero attached hydrogens (tertiary/aromatic N) is 3. The maximum Gasteiger partial charge on any atom is 0.335 e. The van der Waals surface area contributed by atoms with Gasteiger partial charge in [0, 0.05) is 0 Å². The summed E-state index contributed by atoms with van der Waals surface area (Å²) in [7, 11) is -1.39. The summed E-state index contributed by atoms with van der Waals surface area (Å²) in [6.45, 7) is 1.57. The Morgan fingerprint density at radius 3 is 2.61 bits per heavy atom. The van der Waals surface area contributed by atoms with Gasteiger partial charge in [-0.05, 0) is 18.4 Å². The zero-order chi connectivity index (χ0) is 17.0. The van der Waals surface area contributed by atoms with Crippen LogP contribution in [0.25, 0.3) is 0 Å². The van der Waals surface area contributed by atoms with E-state index in [9.17, 15) is 13.2 Å². The van der Waals surface area contributed by atoms with Crippen LogP contribution < -0.4 is 19.5 Å². The zero-order valence-corrected chi connectivity index (χ0v) is 14.0. The van der Waals surface area contributed by atoms with E-state index in [1.54, 1.807) is 6.92 Å². The van der Waals surface area contributed by atoms with E-state index in [-0.39, 0.29) is 21.9 Å². The van der Waals surface area contributed by atoms with Gasteiger partial charge < -0.3 is 9.47 Å². The van der Waals surface area contributed by atoms with Gasteiger partial charge in [-0.15, -0.1) is 11.3 Å². The standard InChI is InChI=1S/C11H13N5O5S2/c1-6-12-9(15-11(13-6)21-3)14-10(17)16-23(18,19)7-4-5-22-8(7)20-2/h4-5H,1-3H3,(H2,12,13,14,15,16,17). The number of rotatable bonds is 5. The number of carbonyl (C=O) groups is 1. The minimum atomic E-state index is -4.08. The van der Waals surface area contributed by atoms with Crippen molar-refractivity contribution in [2.45, 2.75) is 11.8 Å². The molecule has 0 saturated heterocycles. The van der Waals surface area contributed by atoms with Crippen LogP contribution in [0, 0.1) is 6.92 Å². The summed E-state index contributed by atoms with van der Waals surface area (Å²) in [5, 5.41) is 3.91. The van der Waals surface area contributed by atoms with Crippen molar-refractivity contribution in [1.82, 2.24) is 19.7 Å². The smallest absolute Gasteiger partial charge is 0.335 e. The quantitative estimate of drug-likeness (QED) is 0.800. The van der Waals surface area contributed by atoms with Gasteiger partial charge in [-0.3, -0.25) is 5.32 Å². The lowest BCUT2D eigenvalue weighted by atomic mass is 10.6. The lowest BCUT2D eigenvalue weighted by Crippen LogP contribution is -2.35. The predicted octanol–water partition coefficient (Wildman–Crippen LogP) is 0.769. The second kappa shape index (κ2) is 6.75. The summed E-state index contributed by atoms with van der Waals surface area (Å²) < 4.78 is 35.9. The number of anilines is 1. The van der Waals surface area contributed by atoms with Crippen LogP contribution in [0.4, 0.5) is 10.7 Å². The predicted molar refractivity (Wildman–Crippen MR) is 81.3 cm³/mol. The molecule has 2 N–H and O–H groups in total. The third-order valence-electron chi connectivity index (χ3n) is 2.43. The number of hydrogen-bond donors (Lipinski definition) is 2. The van der Waals surface area contributed by atoms with Crippen molar-refractivity contribution < 1.29 is 22.7 Å². The summed E-state index contributed by atoms with van der Waals surface area (Å²) in [6.07, 6.45) is 0. The molecule has 0 aliphatic rings. The van der Waals surface area contributed by atoms with Crippen molar-refractivity contribution in [3.8, 4) is 11.1 Å². The van der Waals surface area contributed by atoms with E-state index in [1.807, 2.05) is 4.72 Å². The molecule has 10 nitrogen and oxygen atoms in total. The molecule has 0 unspecified atom stereocenters. The molecule has 2 rings (SSSR count). The molecule has 2 aromatic rings. The molecule has 0 atom stereocenters. The Balaban J connectivity index is 2.15. The van der Waals surface area contributed by atoms with Gasteiger partial charge in [0.15, 0.2) is 5.06 Å². The van der Waals surface area contributed by atoms with Gasteiger partial charge in [-0.2, -0.15) is 15.0 Å². The van der Waals surface area contributed by atoms with Gasteiger partial charge >= 0.3 is 12.0 Å². The number of aryl methyl sites for hydroxylation is 1. The van der Waals surface area contributed by atoms with Crippen molar-refractivity contribution >= 4 is 33.3 Å². The molecule has 12 heteroatoms. The fraction of sp³-hybridized carbons (Fsp3) is 0.273. The van der Waals surface area contributed by atoms with Crippen molar-refractivity contribution in [3.63, 3.8) is 0 Å². The van der Waals surface area contributed by atoms with Crippen LogP contribution in [0.3, 0.4) is 0 Å². The Labute approximate surface area is 135 Å². The van der Waals surface area contributed by atoms with Gasteiger partial charge in [-0.1, -0.05) is 0 Å². The normalized spacial score (nSPS) is 10.9. The molecule has 0 spiro atoms. The molecule has 2 aromatic heterocycles. The van der Waals surface area contributed by atoms with Crippen molar-refractivity contribution in [2.24, 2.45) is 0 Å². The molecule has 0 saturated carbocycles. The Hall–Kier alpha value is -2.47. The SMILES string of the molecule is COc1nc(C)nc(NC(=O)NS(=O)(=O)c2ccsc2OC)n1. The first-order valence-corrected chi connectivity index (χ1v) is 8.44. The molecule has 0 aliphatic heterocycles. The van der Waals surface area contributed by atoms with Gasteiger partial charge in [0.25, 0.3) is 10.0 Å². The first kappa shape index (κ1) is 16.9. The molecule has 23 heavy (non-hydrogen) atoms. The second-order valence-electron chi connectivity index (χ2n) is 4.03. The molecule has 0 radical (unpaired) electrons. The fourth-order valence-corrected chi connectivity index (χ4v) is 3.66. The van der Waals surface area contributed by atoms with Crippen molar-refractivity contribution in [3.05, 3.63) is 17.3 Å². The number of ether oxygens (including phenoxy) is 2. The fourth-order valence-electron chi connectivity index (χ4n) is 1.54. The maximum absolute atomic E-state index is 12.1. The number of aromatic nitrogens is 3. The number of methoxy groups -OCH3 is 2. The van der Waals surface area contributed by atoms with E-state index >= 15 is 0 Å². The highest BCUT2D eigenvalue weighted by Gasteiger charge is 2.23. The number of sulfonamides is 1. The van der Waals surface area contributed by atoms with E-state index in [0.717, 1.165) is 11.3 Å². The van der Waals surface area contributed by atoms with E-state index < -0.39 is 16.1 Å². The first-order valence-electron chi connectivity index (χ1n) is 6.07. The summed E-state index contributed by atoms with van der Waals surface area (Å²) >= 11 is 1.09. The van der Waals surface area contributed by atoms with Crippen LogP contribution in [0.1, 0.15) is 5.82 Å². The molecular formula is C11H13N5O5S2. The highest BCUT2D eigenvalue weighted by atomic mass is 32.2. The van der Waals surface area contributed by atoms with Crippen LogP contribution in [0.15, 0.2) is 16.3 Å². The van der Waals surface area contributed by atoms with Crippen molar-refractivity contribution in [1.29, 1.82) is 0 Å². The summed E-state index contributed by atoms with van der Waals surface area (Å²) in [5.74, 6) is 0.161. The average Bonchev–Trinajstić information content (AvgIpc) is 2.95. The third-order valence-corrected chi connectivity index (χ3v) is 4.79. The van der Waals surface area contributed by atoms with Gasteiger partial charge in [0.2, 0.25) is 5.95 Å². The molecular weight excluding hydrogens is 346 g/mol. The lowest BCUT2D eigenvalue weighted by Gasteiger charge is -2.08. The Morgan fingerprint density at radius 2 is 1.96 bits per heavy atom. The van der Waals surface area contributed by atoms with Crippen LogP contribution in [-0.2, 0) is 10.0 Å². The minimum Gasteiger partial charge on any atom is -0.486 e. The average molecular weight is 359 g/mol. The number of urea groups is 1. The van der Waals surface area contributed by atoms with Crippen molar-refractivity contribution in [2.75, 3.05) is 19.5 Å². The molecule has 0 fully saturated rings. The number of nitrogens with one attached hydrogen (secondary N) is 2. The monoisotopic (exact) mass is 359 g/mol. The first-order chi connectivity index (χ1) is 10.9. The van der Waals surface area contributed by atoms with Gasteiger partial charge in [0.1, 0.15) is 10.7 Å². The van der Waals surface area contributed by atoms with Crippen LogP contribution in [-0.4, -0.2) is 43.6 Å². The maximum atomic E-state index is 12.1. The lowest BCUT2D eigenvalue weighted by molar-refractivity contribution is 0.256. The topological polar surface area (TPSA) is 132 Å². The molecule has 2 heterocycles. The van der Waals surface area contributed by atoms with E-state index in [2.05, 4.69) is 20.3 Å². The number of thiophene rings is 1. The zero-order valence-electron chi connectivity index (χ0n) is 12.4. The summed E-state index contributed by atoms with van der Waals surface area (Å²) in [6, 6.07) is 0.302. The molecule has 0 aliphatic carbocycles. The molecule has 2 amide bonds. The highest BCUT2D eigenvalue weighted by Crippen LogP contribution is 2.29. The van der Waals surface area contributed by atoms with Crippen LogP contribution >= 0.6 is 11.3 Å². The molecule has 0 aromatic carbocycles. The minimum absolute atomic E-state index is 0.00448. The van der Waals surface area contributed by atoms with Crippen LogP contribution in [0.2, 0.25) is 0 Å². The molecule has 124 valence electrons. The van der Waals surface area contributed by atoms with Crippen LogP contribution in [0.5, 0.6) is 11.1 Å². The van der Waals surface area contributed by atoms with Gasteiger partial charge in [0.05, 0.1) is 14.2 Å². The van der Waals surface area contributed by atoms with E-state index in [1.165, 1.54) is 25.7 Å². The Bertz CT molecular complexity index is 820. The number of carbonyl (C=O) groups excluding carboxylic acids is 1. The number of amides is 2. The largest absolute Gasteiger partial charge is 0.486 e. The Kier molecular flexibility index (Phi) is 4.95. The molecule has 0 bridgehead atoms. The van der Waals surface area contributed by atoms with E-state index in [4.69, 9.17) is 9.47 Å². The summed E-state index contributed by atoms with van der Waals surface area (Å²) in [4.78, 5) is 23.2. The van der Waals surface area contributed by atoms with Gasteiger partial charge in [-0.25, -0.2) is 17.9 Å². The Morgan fingerprint density at radius 1 is 1.22 bits per heavy atom. The number of hydrogen-bond acceptors (Lipinski definition) is 9. The van der Waals surface area contributed by atoms with E-state index in [0.29, 0.717) is 5.82 Å². The second-order valence-corrected chi connectivity index (χ2v) is 6.56. The highest BCUT2D eigenvalue weighted by molar-refractivity contribution is 7.90. The third kappa shape index (κ3) is 4.04. The summed E-state index contributed by atoms with van der Waals surface area (Å²) in [5.41, 5.74) is 0.